The van der Waals surface area contributed by atoms with Crippen LogP contribution in [0.25, 0.3) is 0 Å². The number of carbonyl (C=O) groups excluding carboxylic acids is 1. The van der Waals surface area contributed by atoms with Gasteiger partial charge in [0, 0.05) is 29.7 Å². The zero-order valence-corrected chi connectivity index (χ0v) is 16.9. The molecule has 0 unspecified atom stereocenters. The first-order valence-corrected chi connectivity index (χ1v) is 9.40. The van der Waals surface area contributed by atoms with E-state index in [0.29, 0.717) is 34.3 Å². The van der Waals surface area contributed by atoms with Crippen molar-refractivity contribution in [2.45, 2.75) is 13.2 Å². The maximum Gasteiger partial charge on any atom is 0.254 e. The average Bonchev–Trinajstić information content (AvgIpc) is 2.74. The fourth-order valence-electron chi connectivity index (χ4n) is 2.84. The fourth-order valence-corrected chi connectivity index (χ4v) is 2.96. The van der Waals surface area contributed by atoms with Crippen LogP contribution in [0.5, 0.6) is 11.5 Å². The molecular formula is C23H21ClFNO3. The van der Waals surface area contributed by atoms with Gasteiger partial charge in [0.1, 0.15) is 12.4 Å². The molecule has 0 radical (unpaired) electrons. The van der Waals surface area contributed by atoms with Crippen LogP contribution in [0.4, 0.5) is 4.39 Å². The van der Waals surface area contributed by atoms with E-state index in [9.17, 15) is 9.18 Å². The summed E-state index contributed by atoms with van der Waals surface area (Å²) >= 11 is 5.89. The number of nitrogens with zero attached hydrogens (tertiary/aromatic N) is 1. The molecule has 3 aromatic carbocycles. The number of halogens is 2. The molecule has 6 heteroatoms. The second kappa shape index (κ2) is 9.43. The lowest BCUT2D eigenvalue weighted by atomic mass is 10.1. The van der Waals surface area contributed by atoms with Crippen LogP contribution < -0.4 is 9.47 Å². The molecule has 0 heterocycles. The first-order chi connectivity index (χ1) is 14.0. The number of hydrogen-bond donors (Lipinski definition) is 0. The summed E-state index contributed by atoms with van der Waals surface area (Å²) in [7, 11) is 3.15. The van der Waals surface area contributed by atoms with Gasteiger partial charge >= 0.3 is 0 Å². The van der Waals surface area contributed by atoms with E-state index in [2.05, 4.69) is 0 Å². The van der Waals surface area contributed by atoms with Crippen molar-refractivity contribution in [2.24, 2.45) is 0 Å². The minimum Gasteiger partial charge on any atom is -0.493 e. The Kier molecular flexibility index (Phi) is 6.73. The molecule has 0 spiro atoms. The molecule has 0 aliphatic carbocycles. The Balaban J connectivity index is 1.70. The molecule has 0 saturated carbocycles. The van der Waals surface area contributed by atoms with Gasteiger partial charge < -0.3 is 14.4 Å². The smallest absolute Gasteiger partial charge is 0.254 e. The molecule has 29 heavy (non-hydrogen) atoms. The summed E-state index contributed by atoms with van der Waals surface area (Å²) in [6.45, 7) is 0.511. The zero-order valence-electron chi connectivity index (χ0n) is 16.2. The van der Waals surface area contributed by atoms with Crippen LogP contribution in [0.3, 0.4) is 0 Å². The molecule has 0 fully saturated rings. The van der Waals surface area contributed by atoms with E-state index in [4.69, 9.17) is 21.1 Å². The summed E-state index contributed by atoms with van der Waals surface area (Å²) in [6, 6.07) is 18.7. The highest BCUT2D eigenvalue weighted by Crippen LogP contribution is 2.29. The van der Waals surface area contributed by atoms with Gasteiger partial charge in [-0.2, -0.15) is 0 Å². The number of carbonyl (C=O) groups is 1. The van der Waals surface area contributed by atoms with Crippen LogP contribution in [0, 0.1) is 5.82 Å². The SMILES string of the molecule is COc1cc(C(=O)N(C)Cc2ccccc2F)ccc1OCc1ccc(Cl)cc1. The molecule has 0 N–H and O–H groups in total. The Morgan fingerprint density at radius 1 is 1.03 bits per heavy atom. The first kappa shape index (κ1) is 20.7. The van der Waals surface area contributed by atoms with Crippen LogP contribution in [0.1, 0.15) is 21.5 Å². The van der Waals surface area contributed by atoms with E-state index < -0.39 is 0 Å². The second-order valence-corrected chi connectivity index (χ2v) is 6.97. The van der Waals surface area contributed by atoms with Gasteiger partial charge in [-0.25, -0.2) is 4.39 Å². The molecule has 0 atom stereocenters. The molecule has 0 aliphatic heterocycles. The van der Waals surface area contributed by atoms with Crippen molar-refractivity contribution >= 4 is 17.5 Å². The normalized spacial score (nSPS) is 10.5. The van der Waals surface area contributed by atoms with Gasteiger partial charge in [0.2, 0.25) is 0 Å². The molecule has 1 amide bonds. The minimum atomic E-state index is -0.337. The summed E-state index contributed by atoms with van der Waals surface area (Å²) < 4.78 is 25.1. The third-order valence-corrected chi connectivity index (χ3v) is 4.68. The van der Waals surface area contributed by atoms with Crippen LogP contribution >= 0.6 is 11.6 Å². The summed E-state index contributed by atoms with van der Waals surface area (Å²) in [5.41, 5.74) is 1.85. The molecule has 0 bridgehead atoms. The molecule has 0 aromatic heterocycles. The Morgan fingerprint density at radius 2 is 1.76 bits per heavy atom. The number of ether oxygens (including phenoxy) is 2. The number of benzene rings is 3. The van der Waals surface area contributed by atoms with Gasteiger partial charge in [-0.15, -0.1) is 0 Å². The lowest BCUT2D eigenvalue weighted by Gasteiger charge is -2.19. The molecule has 3 rings (SSSR count). The number of amides is 1. The predicted molar refractivity (Wildman–Crippen MR) is 111 cm³/mol. The van der Waals surface area contributed by atoms with Gasteiger partial charge in [-0.3, -0.25) is 4.79 Å². The zero-order chi connectivity index (χ0) is 20.8. The Labute approximate surface area is 174 Å². The summed E-state index contributed by atoms with van der Waals surface area (Å²) in [5, 5.41) is 0.661. The summed E-state index contributed by atoms with van der Waals surface area (Å²) in [6.07, 6.45) is 0. The van der Waals surface area contributed by atoms with Gasteiger partial charge in [0.05, 0.1) is 7.11 Å². The number of methoxy groups -OCH3 is 1. The van der Waals surface area contributed by atoms with Gasteiger partial charge in [0.15, 0.2) is 11.5 Å². The molecular weight excluding hydrogens is 393 g/mol. The molecule has 4 nitrogen and oxygen atoms in total. The molecule has 0 aliphatic rings. The summed E-state index contributed by atoms with van der Waals surface area (Å²) in [4.78, 5) is 14.2. The van der Waals surface area contributed by atoms with E-state index in [0.717, 1.165) is 5.56 Å². The monoisotopic (exact) mass is 413 g/mol. The van der Waals surface area contributed by atoms with Crippen molar-refractivity contribution in [1.82, 2.24) is 4.90 Å². The van der Waals surface area contributed by atoms with Gasteiger partial charge in [-0.1, -0.05) is 41.9 Å². The topological polar surface area (TPSA) is 38.8 Å². The minimum absolute atomic E-state index is 0.169. The summed E-state index contributed by atoms with van der Waals surface area (Å²) in [5.74, 6) is 0.395. The third-order valence-electron chi connectivity index (χ3n) is 4.43. The van der Waals surface area contributed by atoms with Crippen molar-refractivity contribution < 1.29 is 18.7 Å². The maximum absolute atomic E-state index is 13.9. The molecule has 3 aromatic rings. The lowest BCUT2D eigenvalue weighted by Crippen LogP contribution is -2.26. The lowest BCUT2D eigenvalue weighted by molar-refractivity contribution is 0.0783. The third kappa shape index (κ3) is 5.27. The van der Waals surface area contributed by atoms with E-state index in [1.807, 2.05) is 12.1 Å². The maximum atomic E-state index is 13.9. The fraction of sp³-hybridized carbons (Fsp3) is 0.174. The standard InChI is InChI=1S/C23H21ClFNO3/c1-26(14-18-5-3-4-6-20(18)25)23(27)17-9-12-21(22(13-17)28-2)29-15-16-7-10-19(24)11-8-16/h3-13H,14-15H2,1-2H3. The quantitative estimate of drug-likeness (QED) is 0.525. The Hall–Kier alpha value is -3.05. The van der Waals surface area contributed by atoms with Crippen molar-refractivity contribution in [2.75, 3.05) is 14.2 Å². The molecule has 150 valence electrons. The van der Waals surface area contributed by atoms with Crippen molar-refractivity contribution in [3.63, 3.8) is 0 Å². The van der Waals surface area contributed by atoms with Crippen molar-refractivity contribution in [3.05, 3.63) is 94.3 Å². The van der Waals surface area contributed by atoms with Crippen LogP contribution in [0.2, 0.25) is 5.02 Å². The Morgan fingerprint density at radius 3 is 2.45 bits per heavy atom. The van der Waals surface area contributed by atoms with Gasteiger partial charge in [-0.05, 0) is 42.0 Å². The van der Waals surface area contributed by atoms with E-state index in [1.54, 1.807) is 55.6 Å². The van der Waals surface area contributed by atoms with Gasteiger partial charge in [0.25, 0.3) is 5.91 Å². The Bertz CT molecular complexity index is 992. The van der Waals surface area contributed by atoms with E-state index >= 15 is 0 Å². The van der Waals surface area contributed by atoms with Crippen LogP contribution in [-0.4, -0.2) is 25.0 Å². The number of hydrogen-bond acceptors (Lipinski definition) is 3. The van der Waals surface area contributed by atoms with Crippen molar-refractivity contribution in [1.29, 1.82) is 0 Å². The number of rotatable bonds is 7. The van der Waals surface area contributed by atoms with E-state index in [1.165, 1.54) is 18.1 Å². The van der Waals surface area contributed by atoms with E-state index in [-0.39, 0.29) is 18.3 Å². The first-order valence-electron chi connectivity index (χ1n) is 9.02. The highest BCUT2D eigenvalue weighted by molar-refractivity contribution is 6.30. The largest absolute Gasteiger partial charge is 0.493 e. The second-order valence-electron chi connectivity index (χ2n) is 6.53. The van der Waals surface area contributed by atoms with Crippen LogP contribution in [-0.2, 0) is 13.2 Å². The average molecular weight is 414 g/mol. The highest BCUT2D eigenvalue weighted by atomic mass is 35.5. The van der Waals surface area contributed by atoms with Crippen LogP contribution in [0.15, 0.2) is 66.7 Å². The molecule has 0 saturated heterocycles. The van der Waals surface area contributed by atoms with Crippen molar-refractivity contribution in [3.8, 4) is 11.5 Å². The predicted octanol–water partition coefficient (Wildman–Crippen LogP) is 5.34. The highest BCUT2D eigenvalue weighted by Gasteiger charge is 2.16.